The van der Waals surface area contributed by atoms with Crippen molar-refractivity contribution in [3.05, 3.63) is 35.1 Å². The van der Waals surface area contributed by atoms with Crippen LogP contribution in [-0.4, -0.2) is 0 Å². The summed E-state index contributed by atoms with van der Waals surface area (Å²) >= 11 is 0. The Hall–Kier alpha value is -1.29. The molecule has 1 aromatic carbocycles. The SMILES string of the molecule is C#CC(C)(C)c1cc(F)ccc1C. The number of aryl methyl sites for hydroxylation is 1. The average molecular weight is 176 g/mol. The van der Waals surface area contributed by atoms with Crippen molar-refractivity contribution in [1.82, 2.24) is 0 Å². The molecule has 0 radical (unpaired) electrons. The second-order valence-electron chi connectivity index (χ2n) is 3.73. The summed E-state index contributed by atoms with van der Waals surface area (Å²) in [6.45, 7) is 5.76. The molecule has 0 saturated carbocycles. The van der Waals surface area contributed by atoms with Crippen LogP contribution < -0.4 is 0 Å². The molecule has 1 aromatic rings. The van der Waals surface area contributed by atoms with Gasteiger partial charge in [0.2, 0.25) is 0 Å². The molecule has 0 aliphatic carbocycles. The fourth-order valence-electron chi connectivity index (χ4n) is 1.35. The first-order valence-corrected chi connectivity index (χ1v) is 4.22. The van der Waals surface area contributed by atoms with Gasteiger partial charge in [0, 0.05) is 0 Å². The summed E-state index contributed by atoms with van der Waals surface area (Å²) in [7, 11) is 0. The van der Waals surface area contributed by atoms with Crippen LogP contribution in [-0.2, 0) is 5.41 Å². The Labute approximate surface area is 78.8 Å². The number of benzene rings is 1. The first-order chi connectivity index (χ1) is 5.97. The van der Waals surface area contributed by atoms with Crippen LogP contribution in [0.1, 0.15) is 25.0 Å². The molecule has 13 heavy (non-hydrogen) atoms. The van der Waals surface area contributed by atoms with E-state index in [9.17, 15) is 4.39 Å². The van der Waals surface area contributed by atoms with Gasteiger partial charge in [-0.1, -0.05) is 12.0 Å². The van der Waals surface area contributed by atoms with Crippen LogP contribution in [0.3, 0.4) is 0 Å². The van der Waals surface area contributed by atoms with Crippen molar-refractivity contribution >= 4 is 0 Å². The molecule has 0 unspecified atom stereocenters. The normalized spacial score (nSPS) is 11.0. The minimum absolute atomic E-state index is 0.232. The van der Waals surface area contributed by atoms with Crippen molar-refractivity contribution in [3.63, 3.8) is 0 Å². The predicted octanol–water partition coefficient (Wildman–Crippen LogP) is 3.04. The van der Waals surface area contributed by atoms with E-state index in [-0.39, 0.29) is 5.82 Å². The van der Waals surface area contributed by atoms with E-state index in [0.29, 0.717) is 0 Å². The lowest BCUT2D eigenvalue weighted by molar-refractivity contribution is 0.612. The number of rotatable bonds is 1. The third-order valence-corrected chi connectivity index (χ3v) is 2.23. The van der Waals surface area contributed by atoms with Crippen LogP contribution in [0.4, 0.5) is 4.39 Å². The maximum Gasteiger partial charge on any atom is 0.123 e. The molecule has 0 bridgehead atoms. The van der Waals surface area contributed by atoms with Gasteiger partial charge in [-0.2, -0.15) is 0 Å². The van der Waals surface area contributed by atoms with Crippen molar-refractivity contribution < 1.29 is 4.39 Å². The maximum absolute atomic E-state index is 12.9. The zero-order valence-corrected chi connectivity index (χ0v) is 8.19. The van der Waals surface area contributed by atoms with Gasteiger partial charge in [-0.3, -0.25) is 0 Å². The van der Waals surface area contributed by atoms with Crippen LogP contribution >= 0.6 is 0 Å². The fraction of sp³-hybridized carbons (Fsp3) is 0.333. The monoisotopic (exact) mass is 176 g/mol. The van der Waals surface area contributed by atoms with Crippen LogP contribution in [0.2, 0.25) is 0 Å². The quantitative estimate of drug-likeness (QED) is 0.577. The van der Waals surface area contributed by atoms with Crippen LogP contribution in [0.25, 0.3) is 0 Å². The van der Waals surface area contributed by atoms with Gasteiger partial charge in [-0.05, 0) is 44.0 Å². The minimum atomic E-state index is -0.397. The van der Waals surface area contributed by atoms with Crippen LogP contribution in [0, 0.1) is 25.1 Å². The van der Waals surface area contributed by atoms with Crippen molar-refractivity contribution in [1.29, 1.82) is 0 Å². The molecular formula is C12H13F. The minimum Gasteiger partial charge on any atom is -0.207 e. The highest BCUT2D eigenvalue weighted by molar-refractivity contribution is 5.38. The summed E-state index contributed by atoms with van der Waals surface area (Å²) in [4.78, 5) is 0. The zero-order chi connectivity index (χ0) is 10.1. The number of terminal acetylenes is 1. The number of hydrogen-bond acceptors (Lipinski definition) is 0. The topological polar surface area (TPSA) is 0 Å². The molecule has 0 N–H and O–H groups in total. The fourth-order valence-corrected chi connectivity index (χ4v) is 1.35. The van der Waals surface area contributed by atoms with Gasteiger partial charge < -0.3 is 0 Å². The van der Waals surface area contributed by atoms with E-state index in [1.54, 1.807) is 6.07 Å². The third kappa shape index (κ3) is 1.89. The van der Waals surface area contributed by atoms with Gasteiger partial charge in [-0.15, -0.1) is 6.42 Å². The molecule has 0 aliphatic heterocycles. The Bertz CT molecular complexity index is 356. The van der Waals surface area contributed by atoms with Crippen molar-refractivity contribution in [2.24, 2.45) is 0 Å². The highest BCUT2D eigenvalue weighted by Gasteiger charge is 2.19. The van der Waals surface area contributed by atoms with E-state index in [2.05, 4.69) is 5.92 Å². The smallest absolute Gasteiger partial charge is 0.123 e. The van der Waals surface area contributed by atoms with E-state index in [4.69, 9.17) is 6.42 Å². The second-order valence-corrected chi connectivity index (χ2v) is 3.73. The third-order valence-electron chi connectivity index (χ3n) is 2.23. The molecule has 0 saturated heterocycles. The molecule has 0 heterocycles. The summed E-state index contributed by atoms with van der Waals surface area (Å²) in [6.07, 6.45) is 5.38. The Morgan fingerprint density at radius 1 is 1.38 bits per heavy atom. The summed E-state index contributed by atoms with van der Waals surface area (Å²) < 4.78 is 12.9. The molecule has 68 valence electrons. The molecular weight excluding hydrogens is 163 g/mol. The van der Waals surface area contributed by atoms with Gasteiger partial charge in [-0.25, -0.2) is 4.39 Å². The van der Waals surface area contributed by atoms with E-state index >= 15 is 0 Å². The zero-order valence-electron chi connectivity index (χ0n) is 8.19. The Morgan fingerprint density at radius 2 is 2.00 bits per heavy atom. The van der Waals surface area contributed by atoms with E-state index in [1.165, 1.54) is 12.1 Å². The van der Waals surface area contributed by atoms with Crippen molar-refractivity contribution in [2.75, 3.05) is 0 Å². The summed E-state index contributed by atoms with van der Waals surface area (Å²) in [5, 5.41) is 0. The van der Waals surface area contributed by atoms with Gasteiger partial charge in [0.05, 0.1) is 5.41 Å². The van der Waals surface area contributed by atoms with E-state index in [0.717, 1.165) is 11.1 Å². The molecule has 0 fully saturated rings. The molecule has 0 aliphatic rings. The van der Waals surface area contributed by atoms with E-state index in [1.807, 2.05) is 20.8 Å². The lowest BCUT2D eigenvalue weighted by Crippen LogP contribution is -2.15. The summed E-state index contributed by atoms with van der Waals surface area (Å²) in [5.41, 5.74) is 1.52. The lowest BCUT2D eigenvalue weighted by atomic mass is 9.83. The standard InChI is InChI=1S/C12H13F/c1-5-12(3,4)11-8-10(13)7-6-9(11)2/h1,6-8H,2-4H3. The van der Waals surface area contributed by atoms with E-state index < -0.39 is 5.41 Å². The maximum atomic E-state index is 12.9. The van der Waals surface area contributed by atoms with Gasteiger partial charge in [0.1, 0.15) is 5.82 Å². The second kappa shape index (κ2) is 3.22. The molecule has 0 atom stereocenters. The van der Waals surface area contributed by atoms with Crippen molar-refractivity contribution in [3.8, 4) is 12.3 Å². The van der Waals surface area contributed by atoms with Gasteiger partial charge in [0.25, 0.3) is 0 Å². The number of hydrogen-bond donors (Lipinski definition) is 0. The van der Waals surface area contributed by atoms with Gasteiger partial charge >= 0.3 is 0 Å². The molecule has 1 rings (SSSR count). The Kier molecular flexibility index (Phi) is 2.43. The molecule has 0 aromatic heterocycles. The molecule has 0 amide bonds. The predicted molar refractivity (Wildman–Crippen MR) is 53.0 cm³/mol. The first kappa shape index (κ1) is 9.80. The summed E-state index contributed by atoms with van der Waals surface area (Å²) in [5.74, 6) is 2.43. The lowest BCUT2D eigenvalue weighted by Gasteiger charge is -2.20. The Balaban J connectivity index is 3.30. The molecule has 0 nitrogen and oxygen atoms in total. The highest BCUT2D eigenvalue weighted by atomic mass is 19.1. The molecule has 1 heteroatoms. The van der Waals surface area contributed by atoms with Crippen LogP contribution in [0.15, 0.2) is 18.2 Å². The van der Waals surface area contributed by atoms with Gasteiger partial charge in [0.15, 0.2) is 0 Å². The first-order valence-electron chi connectivity index (χ1n) is 4.22. The van der Waals surface area contributed by atoms with Crippen molar-refractivity contribution in [2.45, 2.75) is 26.2 Å². The average Bonchev–Trinajstić information content (AvgIpc) is 2.09. The molecule has 0 spiro atoms. The summed E-state index contributed by atoms with van der Waals surface area (Å²) in [6, 6.07) is 4.71. The largest absolute Gasteiger partial charge is 0.207 e. The highest BCUT2D eigenvalue weighted by Crippen LogP contribution is 2.25. The Morgan fingerprint density at radius 3 is 2.54 bits per heavy atom. The number of halogens is 1. The van der Waals surface area contributed by atoms with Crippen LogP contribution in [0.5, 0.6) is 0 Å².